The number of nitrogens with one attached hydrogen (secondary N) is 2. The first-order valence-corrected chi connectivity index (χ1v) is 8.35. The second-order valence-electron chi connectivity index (χ2n) is 5.87. The van der Waals surface area contributed by atoms with Crippen LogP contribution in [0.1, 0.15) is 20.7 Å². The van der Waals surface area contributed by atoms with Crippen LogP contribution in [0.15, 0.2) is 60.7 Å². The Morgan fingerprint density at radius 2 is 1.12 bits per heavy atom. The van der Waals surface area contributed by atoms with Gasteiger partial charge in [0, 0.05) is 24.2 Å². The van der Waals surface area contributed by atoms with E-state index in [4.69, 9.17) is 0 Å². The van der Waals surface area contributed by atoms with Crippen LogP contribution >= 0.6 is 0 Å². The summed E-state index contributed by atoms with van der Waals surface area (Å²) >= 11 is 0. The van der Waals surface area contributed by atoms with Crippen molar-refractivity contribution in [1.82, 2.24) is 20.4 Å². The van der Waals surface area contributed by atoms with Gasteiger partial charge in [-0.05, 0) is 24.3 Å². The highest BCUT2D eigenvalue weighted by atomic mass is 16.2. The lowest BCUT2D eigenvalue weighted by atomic mass is 10.2. The highest BCUT2D eigenvalue weighted by molar-refractivity contribution is 5.95. The molecular weight excluding hydrogens is 332 g/mol. The van der Waals surface area contributed by atoms with Gasteiger partial charge in [0.2, 0.25) is 0 Å². The van der Waals surface area contributed by atoms with Crippen molar-refractivity contribution in [3.63, 3.8) is 0 Å². The molecule has 1 saturated heterocycles. The number of benzene rings is 2. The van der Waals surface area contributed by atoms with Crippen molar-refractivity contribution in [2.24, 2.45) is 0 Å². The molecule has 0 aliphatic carbocycles. The first kappa shape index (κ1) is 17.5. The quantitative estimate of drug-likeness (QED) is 0.827. The van der Waals surface area contributed by atoms with Crippen molar-refractivity contribution in [2.75, 3.05) is 26.4 Å². The van der Waals surface area contributed by atoms with Crippen LogP contribution in [0.2, 0.25) is 0 Å². The van der Waals surface area contributed by atoms with Gasteiger partial charge in [0.05, 0.1) is 13.3 Å². The SMILES string of the molecule is O=C(NCN1CCN(CNC(=O)c2ccccc2)C1=O)c1ccccc1. The predicted molar refractivity (Wildman–Crippen MR) is 96.4 cm³/mol. The van der Waals surface area contributed by atoms with E-state index in [1.807, 2.05) is 12.1 Å². The summed E-state index contributed by atoms with van der Waals surface area (Å²) in [6, 6.07) is 17.5. The second kappa shape index (κ2) is 8.15. The third kappa shape index (κ3) is 4.18. The standard InChI is InChI=1S/C19H20N4O3/c24-17(15-7-3-1-4-8-15)20-13-22-11-12-23(19(22)26)14-21-18(25)16-9-5-2-6-10-16/h1-10H,11-14H2,(H,20,24)(H,21,25). The molecule has 0 spiro atoms. The number of hydrogen-bond donors (Lipinski definition) is 2. The predicted octanol–water partition coefficient (Wildman–Crippen LogP) is 1.50. The Labute approximate surface area is 151 Å². The van der Waals surface area contributed by atoms with E-state index >= 15 is 0 Å². The summed E-state index contributed by atoms with van der Waals surface area (Å²) in [4.78, 5) is 39.5. The first-order valence-electron chi connectivity index (χ1n) is 8.35. The fourth-order valence-corrected chi connectivity index (χ4v) is 2.64. The zero-order valence-electron chi connectivity index (χ0n) is 14.2. The van der Waals surface area contributed by atoms with E-state index in [1.54, 1.807) is 48.5 Å². The maximum Gasteiger partial charge on any atom is 0.322 e. The molecule has 26 heavy (non-hydrogen) atoms. The zero-order valence-corrected chi connectivity index (χ0v) is 14.2. The number of carbonyl (C=O) groups is 3. The van der Waals surface area contributed by atoms with E-state index in [-0.39, 0.29) is 31.2 Å². The van der Waals surface area contributed by atoms with Gasteiger partial charge in [-0.2, -0.15) is 0 Å². The summed E-state index contributed by atoms with van der Waals surface area (Å²) in [5.41, 5.74) is 1.09. The lowest BCUT2D eigenvalue weighted by Gasteiger charge is -2.19. The Morgan fingerprint density at radius 1 is 0.731 bits per heavy atom. The molecule has 2 N–H and O–H groups in total. The highest BCUT2D eigenvalue weighted by Crippen LogP contribution is 2.07. The molecule has 0 bridgehead atoms. The topological polar surface area (TPSA) is 81.8 Å². The summed E-state index contributed by atoms with van der Waals surface area (Å²) in [6.07, 6.45) is 0. The van der Waals surface area contributed by atoms with Gasteiger partial charge in [0.15, 0.2) is 0 Å². The zero-order chi connectivity index (χ0) is 18.4. The fourth-order valence-electron chi connectivity index (χ4n) is 2.64. The smallest absolute Gasteiger partial charge is 0.322 e. The molecule has 1 aliphatic rings. The minimum atomic E-state index is -0.228. The van der Waals surface area contributed by atoms with Gasteiger partial charge >= 0.3 is 6.03 Å². The largest absolute Gasteiger partial charge is 0.334 e. The molecule has 2 aromatic rings. The number of nitrogens with zero attached hydrogens (tertiary/aromatic N) is 2. The van der Waals surface area contributed by atoms with Crippen LogP contribution in [-0.4, -0.2) is 54.1 Å². The normalized spacial score (nSPS) is 13.6. The van der Waals surface area contributed by atoms with E-state index < -0.39 is 0 Å². The molecule has 2 aromatic carbocycles. The van der Waals surface area contributed by atoms with Crippen molar-refractivity contribution in [2.45, 2.75) is 0 Å². The number of hydrogen-bond acceptors (Lipinski definition) is 3. The molecule has 134 valence electrons. The molecule has 0 radical (unpaired) electrons. The third-order valence-electron chi connectivity index (χ3n) is 4.11. The molecule has 0 atom stereocenters. The molecular formula is C19H20N4O3. The monoisotopic (exact) mass is 352 g/mol. The summed E-state index contributed by atoms with van der Waals surface area (Å²) in [5, 5.41) is 5.47. The fraction of sp³-hybridized carbons (Fsp3) is 0.211. The third-order valence-corrected chi connectivity index (χ3v) is 4.11. The summed E-state index contributed by atoms with van der Waals surface area (Å²) < 4.78 is 0. The molecule has 1 fully saturated rings. The van der Waals surface area contributed by atoms with E-state index in [0.29, 0.717) is 24.2 Å². The van der Waals surface area contributed by atoms with Gasteiger partial charge in [-0.3, -0.25) is 9.59 Å². The number of amides is 4. The molecule has 0 unspecified atom stereocenters. The van der Waals surface area contributed by atoms with Gasteiger partial charge in [0.1, 0.15) is 0 Å². The molecule has 3 rings (SSSR count). The summed E-state index contributed by atoms with van der Waals surface area (Å²) in [6.45, 7) is 1.26. The first-order chi connectivity index (χ1) is 12.6. The Kier molecular flexibility index (Phi) is 5.48. The van der Waals surface area contributed by atoms with Crippen LogP contribution in [0, 0.1) is 0 Å². The van der Waals surface area contributed by atoms with E-state index in [0.717, 1.165) is 0 Å². The lowest BCUT2D eigenvalue weighted by molar-refractivity contribution is 0.0933. The Hall–Kier alpha value is -3.35. The minimum Gasteiger partial charge on any atom is -0.334 e. The molecule has 7 heteroatoms. The Balaban J connectivity index is 1.46. The van der Waals surface area contributed by atoms with Crippen LogP contribution in [0.3, 0.4) is 0 Å². The highest BCUT2D eigenvalue weighted by Gasteiger charge is 2.28. The van der Waals surface area contributed by atoms with Gasteiger partial charge in [-0.25, -0.2) is 4.79 Å². The van der Waals surface area contributed by atoms with Crippen molar-refractivity contribution in [3.05, 3.63) is 71.8 Å². The molecule has 4 amide bonds. The summed E-state index contributed by atoms with van der Waals surface area (Å²) in [7, 11) is 0. The van der Waals surface area contributed by atoms with Gasteiger partial charge in [-0.15, -0.1) is 0 Å². The van der Waals surface area contributed by atoms with Gasteiger partial charge in [0.25, 0.3) is 11.8 Å². The van der Waals surface area contributed by atoms with Crippen LogP contribution in [-0.2, 0) is 0 Å². The summed E-state index contributed by atoms with van der Waals surface area (Å²) in [5.74, 6) is -0.455. The van der Waals surface area contributed by atoms with Crippen molar-refractivity contribution >= 4 is 17.8 Å². The van der Waals surface area contributed by atoms with Crippen LogP contribution in [0.5, 0.6) is 0 Å². The average molecular weight is 352 g/mol. The Bertz CT molecular complexity index is 714. The average Bonchev–Trinajstić information content (AvgIpc) is 3.05. The molecule has 0 aromatic heterocycles. The maximum atomic E-state index is 12.4. The van der Waals surface area contributed by atoms with Gasteiger partial charge < -0.3 is 20.4 Å². The maximum absolute atomic E-state index is 12.4. The van der Waals surface area contributed by atoms with Gasteiger partial charge in [-0.1, -0.05) is 36.4 Å². The molecule has 0 saturated carbocycles. The van der Waals surface area contributed by atoms with Crippen molar-refractivity contribution in [3.8, 4) is 0 Å². The number of carbonyl (C=O) groups excluding carboxylic acids is 3. The molecule has 1 heterocycles. The number of rotatable bonds is 6. The Morgan fingerprint density at radius 3 is 1.50 bits per heavy atom. The van der Waals surface area contributed by atoms with Crippen molar-refractivity contribution in [1.29, 1.82) is 0 Å². The lowest BCUT2D eigenvalue weighted by Crippen LogP contribution is -2.43. The van der Waals surface area contributed by atoms with E-state index in [9.17, 15) is 14.4 Å². The van der Waals surface area contributed by atoms with Crippen LogP contribution in [0.4, 0.5) is 4.79 Å². The second-order valence-corrected chi connectivity index (χ2v) is 5.87. The molecule has 7 nitrogen and oxygen atoms in total. The van der Waals surface area contributed by atoms with E-state index in [1.165, 1.54) is 9.80 Å². The van der Waals surface area contributed by atoms with Crippen LogP contribution < -0.4 is 10.6 Å². The van der Waals surface area contributed by atoms with Crippen molar-refractivity contribution < 1.29 is 14.4 Å². The van der Waals surface area contributed by atoms with Crippen LogP contribution in [0.25, 0.3) is 0 Å². The van der Waals surface area contributed by atoms with E-state index in [2.05, 4.69) is 10.6 Å². The number of urea groups is 1. The minimum absolute atomic E-state index is 0.135. The molecule has 1 aliphatic heterocycles.